The molecule has 0 atom stereocenters. The van der Waals surface area contributed by atoms with E-state index in [2.05, 4.69) is 15.7 Å². The zero-order valence-corrected chi connectivity index (χ0v) is 14.4. The Labute approximate surface area is 158 Å². The lowest BCUT2D eigenvalue weighted by molar-refractivity contribution is -0.417. The van der Waals surface area contributed by atoms with Gasteiger partial charge in [-0.05, 0) is 23.4 Å². The van der Waals surface area contributed by atoms with Gasteiger partial charge < -0.3 is 5.11 Å². The molecular weight excluding hydrogens is 416 g/mol. The van der Waals surface area contributed by atoms with Crippen molar-refractivity contribution in [2.75, 3.05) is 5.43 Å². The van der Waals surface area contributed by atoms with Crippen molar-refractivity contribution in [3.63, 3.8) is 0 Å². The van der Waals surface area contributed by atoms with Gasteiger partial charge in [0.2, 0.25) is 11.9 Å². The minimum absolute atomic E-state index is 0.0650. The van der Waals surface area contributed by atoms with Crippen LogP contribution in [0.1, 0.15) is 11.1 Å². The van der Waals surface area contributed by atoms with Crippen LogP contribution in [0.15, 0.2) is 29.4 Å². The predicted octanol–water partition coefficient (Wildman–Crippen LogP) is 3.55. The molecule has 142 valence electrons. The number of hydrazone groups is 1. The number of nitro benzene ring substituents is 1. The van der Waals surface area contributed by atoms with E-state index in [1.54, 1.807) is 0 Å². The first-order valence-electron chi connectivity index (χ1n) is 6.80. The second kappa shape index (κ2) is 7.76. The van der Waals surface area contributed by atoms with Gasteiger partial charge in [0.25, 0.3) is 0 Å². The van der Waals surface area contributed by atoms with E-state index in [0.717, 1.165) is 6.21 Å². The molecule has 0 radical (unpaired) electrons. The van der Waals surface area contributed by atoms with Crippen LogP contribution < -0.4 is 10.5 Å². The van der Waals surface area contributed by atoms with Crippen molar-refractivity contribution in [2.45, 2.75) is 6.18 Å². The molecule has 0 heterocycles. The Kier molecular flexibility index (Phi) is 5.86. The summed E-state index contributed by atoms with van der Waals surface area (Å²) < 4.78 is 38.4. The Bertz CT molecular complexity index is 951. The van der Waals surface area contributed by atoms with E-state index in [1.807, 2.05) is 0 Å². The first-order valence-corrected chi connectivity index (χ1v) is 7.56. The minimum atomic E-state index is -4.91. The molecule has 13 heteroatoms. The van der Waals surface area contributed by atoms with Crippen LogP contribution in [-0.4, -0.2) is 16.2 Å². The lowest BCUT2D eigenvalue weighted by Crippen LogP contribution is -2.74. The number of phenols is 1. The molecule has 0 aliphatic carbocycles. The number of nitrogens with zero attached hydrogens (tertiary/aromatic N) is 2. The van der Waals surface area contributed by atoms with Gasteiger partial charge in [-0.2, -0.15) is 18.6 Å². The summed E-state index contributed by atoms with van der Waals surface area (Å²) in [6.45, 7) is 0. The van der Waals surface area contributed by atoms with E-state index >= 15 is 0 Å². The van der Waals surface area contributed by atoms with Crippen LogP contribution in [0.4, 0.5) is 30.2 Å². The molecule has 0 amide bonds. The molecule has 0 fully saturated rings. The maximum Gasteiger partial charge on any atom is 0.416 e. The van der Waals surface area contributed by atoms with E-state index < -0.39 is 33.7 Å². The predicted molar refractivity (Wildman–Crippen MR) is 91.4 cm³/mol. The van der Waals surface area contributed by atoms with Crippen LogP contribution in [0.3, 0.4) is 0 Å². The number of nitroso groups, excluding NO2 is 1. The van der Waals surface area contributed by atoms with Crippen LogP contribution >= 0.6 is 23.2 Å². The fourth-order valence-electron chi connectivity index (χ4n) is 2.00. The first-order chi connectivity index (χ1) is 12.5. The average molecular weight is 424 g/mol. The zero-order chi connectivity index (χ0) is 20.4. The first kappa shape index (κ1) is 20.4. The highest BCUT2D eigenvalue weighted by Gasteiger charge is 2.35. The number of nitro groups is 1. The van der Waals surface area contributed by atoms with E-state index in [1.165, 1.54) is 12.1 Å². The number of alkyl halides is 3. The lowest BCUT2D eigenvalue weighted by Gasteiger charge is -2.08. The third-order valence-corrected chi connectivity index (χ3v) is 3.71. The summed E-state index contributed by atoms with van der Waals surface area (Å²) in [5.41, 5.74) is -1.62. The number of aromatic hydroxyl groups is 1. The van der Waals surface area contributed by atoms with Crippen LogP contribution in [0.2, 0.25) is 10.0 Å². The molecule has 0 bridgehead atoms. The Morgan fingerprint density at radius 2 is 1.93 bits per heavy atom. The van der Waals surface area contributed by atoms with Gasteiger partial charge in [-0.25, -0.2) is 0 Å². The molecular formula is C14H8Cl2F3N4O4+. The topological polar surface area (TPSA) is 119 Å². The lowest BCUT2D eigenvalue weighted by atomic mass is 10.1. The summed E-state index contributed by atoms with van der Waals surface area (Å²) in [6, 6.07) is 3.17. The number of hydrogen-bond donors (Lipinski definition) is 3. The number of benzene rings is 2. The molecule has 2 aromatic rings. The molecule has 0 aliphatic heterocycles. The average Bonchev–Trinajstić information content (AvgIpc) is 2.57. The second-order valence-corrected chi connectivity index (χ2v) is 5.82. The Morgan fingerprint density at radius 3 is 2.48 bits per heavy atom. The van der Waals surface area contributed by atoms with Crippen LogP contribution in [0, 0.1) is 15.0 Å². The van der Waals surface area contributed by atoms with Crippen molar-refractivity contribution in [3.05, 3.63) is 60.5 Å². The van der Waals surface area contributed by atoms with Crippen molar-refractivity contribution in [2.24, 2.45) is 5.18 Å². The van der Waals surface area contributed by atoms with Crippen molar-refractivity contribution in [3.8, 4) is 5.75 Å². The molecule has 0 saturated heterocycles. The molecule has 8 nitrogen and oxygen atoms in total. The van der Waals surface area contributed by atoms with Crippen molar-refractivity contribution in [1.82, 2.24) is 0 Å². The van der Waals surface area contributed by atoms with Crippen LogP contribution in [-0.2, 0) is 6.18 Å². The van der Waals surface area contributed by atoms with E-state index in [9.17, 15) is 33.3 Å². The largest absolute Gasteiger partial charge is 0.506 e. The SMILES string of the molecule is O=Nc1cc(C(F)(F)F)cc([N+](=O)[O-])c1N/[NH+]=C/c1cc(Cl)cc(Cl)c1O. The summed E-state index contributed by atoms with van der Waals surface area (Å²) in [4.78, 5) is 20.8. The molecule has 2 rings (SSSR count). The molecule has 0 aromatic heterocycles. The van der Waals surface area contributed by atoms with Crippen molar-refractivity contribution >= 4 is 46.5 Å². The number of rotatable bonds is 5. The maximum absolute atomic E-state index is 12.8. The standard InChI is InChI=1S/C14H7Cl2F3N4O4/c15-8-1-6(13(24)9(16)4-8)5-20-21-12-10(22-25)2-7(14(17,18)19)3-11(12)23(26)27/h1-5,21,24H/p+1/b20-5+. The number of anilines is 1. The van der Waals surface area contributed by atoms with Gasteiger partial charge in [0.05, 0.1) is 21.1 Å². The number of phenolic OH excluding ortho intramolecular Hbond substituents is 1. The van der Waals surface area contributed by atoms with E-state index in [0.29, 0.717) is 6.07 Å². The molecule has 27 heavy (non-hydrogen) atoms. The summed E-state index contributed by atoms with van der Waals surface area (Å²) in [5.74, 6) is -0.369. The van der Waals surface area contributed by atoms with Crippen LogP contribution in [0.25, 0.3) is 0 Å². The number of hydrazine groups is 1. The third kappa shape index (κ3) is 4.63. The molecule has 0 saturated carbocycles. The molecule has 0 spiro atoms. The van der Waals surface area contributed by atoms with Gasteiger partial charge in [-0.1, -0.05) is 23.2 Å². The van der Waals surface area contributed by atoms with Gasteiger partial charge in [0.15, 0.2) is 0 Å². The van der Waals surface area contributed by atoms with E-state index in [4.69, 9.17) is 23.2 Å². The number of hydrogen-bond acceptors (Lipinski definition) is 6. The fourth-order valence-corrected chi connectivity index (χ4v) is 2.51. The van der Waals surface area contributed by atoms with Gasteiger partial charge >= 0.3 is 11.9 Å². The number of nitrogens with one attached hydrogen (secondary N) is 2. The van der Waals surface area contributed by atoms with Gasteiger partial charge in [0, 0.05) is 11.1 Å². The summed E-state index contributed by atoms with van der Waals surface area (Å²) >= 11 is 11.5. The van der Waals surface area contributed by atoms with Crippen molar-refractivity contribution in [1.29, 1.82) is 0 Å². The Balaban J connectivity index is 2.47. The van der Waals surface area contributed by atoms with E-state index in [-0.39, 0.29) is 27.4 Å². The van der Waals surface area contributed by atoms with Gasteiger partial charge in [-0.15, -0.1) is 10.0 Å². The number of halogens is 5. The minimum Gasteiger partial charge on any atom is -0.506 e. The maximum atomic E-state index is 12.8. The molecule has 2 aromatic carbocycles. The summed E-state index contributed by atoms with van der Waals surface area (Å²) in [5, 5.41) is 25.7. The van der Waals surface area contributed by atoms with Crippen LogP contribution in [0.5, 0.6) is 5.75 Å². The quantitative estimate of drug-likeness (QED) is 0.294. The normalized spacial score (nSPS) is 11.6. The Hall–Kier alpha value is -2.92. The Morgan fingerprint density at radius 1 is 1.26 bits per heavy atom. The fraction of sp³-hybridized carbons (Fsp3) is 0.0714. The highest BCUT2D eigenvalue weighted by Crippen LogP contribution is 2.40. The van der Waals surface area contributed by atoms with Crippen molar-refractivity contribution < 1.29 is 28.3 Å². The molecule has 3 N–H and O–H groups in total. The summed E-state index contributed by atoms with van der Waals surface area (Å²) in [6.07, 6.45) is -3.84. The van der Waals surface area contributed by atoms with Gasteiger partial charge in [-0.3, -0.25) is 10.1 Å². The highest BCUT2D eigenvalue weighted by molar-refractivity contribution is 6.36. The molecule has 0 unspecified atom stereocenters. The zero-order valence-electron chi connectivity index (χ0n) is 12.8. The third-order valence-electron chi connectivity index (χ3n) is 3.20. The molecule has 0 aliphatic rings. The second-order valence-electron chi connectivity index (χ2n) is 4.97. The smallest absolute Gasteiger partial charge is 0.416 e. The highest BCUT2D eigenvalue weighted by atomic mass is 35.5. The monoisotopic (exact) mass is 423 g/mol. The summed E-state index contributed by atoms with van der Waals surface area (Å²) in [7, 11) is 0. The van der Waals surface area contributed by atoms with Gasteiger partial charge in [0.1, 0.15) is 11.4 Å².